The van der Waals surface area contributed by atoms with Crippen LogP contribution in [0.1, 0.15) is 27.2 Å². The van der Waals surface area contributed by atoms with Gasteiger partial charge in [0.05, 0.1) is 28.3 Å². The van der Waals surface area contributed by atoms with Gasteiger partial charge < -0.3 is 14.8 Å². The molecule has 2 amide bonds. The van der Waals surface area contributed by atoms with Crippen molar-refractivity contribution in [1.29, 1.82) is 0 Å². The van der Waals surface area contributed by atoms with Crippen LogP contribution in [0.4, 0.5) is 24.1 Å². The first-order valence-corrected chi connectivity index (χ1v) is 13.7. The molecule has 1 aliphatic rings. The van der Waals surface area contributed by atoms with Crippen molar-refractivity contribution in [2.24, 2.45) is 0 Å². The summed E-state index contributed by atoms with van der Waals surface area (Å²) in [4.78, 5) is 43.3. The van der Waals surface area contributed by atoms with Crippen molar-refractivity contribution < 1.29 is 32.6 Å². The van der Waals surface area contributed by atoms with Crippen molar-refractivity contribution in [2.45, 2.75) is 48.8 Å². The molecule has 2 heterocycles. The Hall–Kier alpha value is -2.86. The quantitative estimate of drug-likeness (QED) is 0.301. The first kappa shape index (κ1) is 31.1. The van der Waals surface area contributed by atoms with Gasteiger partial charge in [0.2, 0.25) is 9.70 Å². The third kappa shape index (κ3) is 7.14. The second-order valence-electron chi connectivity index (χ2n) is 10.2. The number of hydrogen-bond donors (Lipinski definition) is 1. The van der Waals surface area contributed by atoms with Gasteiger partial charge in [-0.05, 0) is 32.9 Å². The molecule has 220 valence electrons. The fourth-order valence-electron chi connectivity index (χ4n) is 4.23. The molecule has 3 aromatic rings. The van der Waals surface area contributed by atoms with Crippen molar-refractivity contribution in [2.75, 3.05) is 18.5 Å². The molecule has 41 heavy (non-hydrogen) atoms. The monoisotopic (exact) mass is 650 g/mol. The second kappa shape index (κ2) is 11.8. The lowest BCUT2D eigenvalue weighted by Gasteiger charge is -2.27. The number of aromatic nitrogens is 2. The molecule has 1 N–H and O–H groups in total. The number of imidazole rings is 1. The second-order valence-corrected chi connectivity index (χ2v) is 13.1. The minimum atomic E-state index is -1.84. The van der Waals surface area contributed by atoms with Crippen molar-refractivity contribution in [1.82, 2.24) is 14.5 Å². The molecule has 2 atom stereocenters. The maximum Gasteiger partial charge on any atom is 0.419 e. The minimum absolute atomic E-state index is 0.0177. The Bertz CT molecular complexity index is 1510. The predicted octanol–water partition coefficient (Wildman–Crippen LogP) is 7.14. The standard InChI is InChI=1S/C26H24Cl4F2N4O5/c1-25(2,3)41-24(39)35-10-13(31)9-18(35)22(37)34-16-6-4-5-15(20(16)32)14-7-8-17-21(19(14)27)36(12-33-17)23(38)40-11-26(28,29)30/h4-8,12-13,18H,9-11H2,1-3H3,(H,34,37)/t13-,18+/m1/s1. The summed E-state index contributed by atoms with van der Waals surface area (Å²) in [7, 11) is 0. The van der Waals surface area contributed by atoms with Crippen LogP contribution in [0.2, 0.25) is 5.02 Å². The molecular formula is C26H24Cl4F2N4O5. The zero-order valence-electron chi connectivity index (χ0n) is 21.9. The van der Waals surface area contributed by atoms with E-state index in [0.717, 1.165) is 15.8 Å². The number of anilines is 1. The molecule has 0 spiro atoms. The number of likely N-dealkylation sites (tertiary alicyclic amines) is 1. The number of carbonyl (C=O) groups is 3. The molecule has 15 heteroatoms. The summed E-state index contributed by atoms with van der Waals surface area (Å²) in [5, 5.41) is 2.40. The third-order valence-electron chi connectivity index (χ3n) is 5.93. The fourth-order valence-corrected chi connectivity index (χ4v) is 4.75. The Morgan fingerprint density at radius 3 is 2.46 bits per heavy atom. The van der Waals surface area contributed by atoms with E-state index in [4.69, 9.17) is 55.9 Å². The minimum Gasteiger partial charge on any atom is -0.444 e. The maximum atomic E-state index is 15.8. The number of ether oxygens (including phenoxy) is 2. The van der Waals surface area contributed by atoms with Crippen molar-refractivity contribution in [3.05, 3.63) is 47.5 Å². The van der Waals surface area contributed by atoms with E-state index < -0.39 is 52.1 Å². The summed E-state index contributed by atoms with van der Waals surface area (Å²) >= 11 is 23.6. The molecule has 0 unspecified atom stereocenters. The Kier molecular flexibility index (Phi) is 8.94. The Balaban J connectivity index is 1.62. The highest BCUT2D eigenvalue weighted by molar-refractivity contribution is 6.67. The van der Waals surface area contributed by atoms with E-state index in [1.807, 2.05) is 0 Å². The van der Waals surface area contributed by atoms with E-state index in [9.17, 15) is 18.8 Å². The van der Waals surface area contributed by atoms with Crippen LogP contribution in [0.5, 0.6) is 0 Å². The molecule has 0 saturated carbocycles. The maximum absolute atomic E-state index is 15.8. The summed E-state index contributed by atoms with van der Waals surface area (Å²) in [5.74, 6) is -1.64. The SMILES string of the molecule is CC(C)(C)OC(=O)N1C[C@H](F)C[C@H]1C(=O)Nc1cccc(-c2ccc3ncn(C(=O)OCC(Cl)(Cl)Cl)c3c2Cl)c1F. The van der Waals surface area contributed by atoms with E-state index in [0.29, 0.717) is 5.52 Å². The number of carbonyl (C=O) groups excluding carboxylic acids is 3. The molecular weight excluding hydrogens is 628 g/mol. The average Bonchev–Trinajstić information content (AvgIpc) is 3.47. The van der Waals surface area contributed by atoms with Crippen LogP contribution in [0.3, 0.4) is 0 Å². The van der Waals surface area contributed by atoms with Gasteiger partial charge in [-0.25, -0.2) is 27.9 Å². The lowest BCUT2D eigenvalue weighted by molar-refractivity contribution is -0.120. The summed E-state index contributed by atoms with van der Waals surface area (Å²) in [6.45, 7) is 4.06. The first-order chi connectivity index (χ1) is 19.1. The topological polar surface area (TPSA) is 103 Å². The molecule has 0 radical (unpaired) electrons. The number of benzene rings is 2. The molecule has 1 aromatic heterocycles. The van der Waals surface area contributed by atoms with Crippen molar-refractivity contribution >= 4 is 81.2 Å². The molecule has 0 aliphatic carbocycles. The van der Waals surface area contributed by atoms with Crippen LogP contribution in [-0.2, 0) is 14.3 Å². The Morgan fingerprint density at radius 2 is 1.80 bits per heavy atom. The van der Waals surface area contributed by atoms with E-state index in [-0.39, 0.29) is 40.3 Å². The average molecular weight is 652 g/mol. The zero-order chi connectivity index (χ0) is 30.3. The lowest BCUT2D eigenvalue weighted by Crippen LogP contribution is -2.45. The lowest BCUT2D eigenvalue weighted by atomic mass is 10.0. The smallest absolute Gasteiger partial charge is 0.419 e. The van der Waals surface area contributed by atoms with Crippen molar-refractivity contribution in [3.8, 4) is 11.1 Å². The highest BCUT2D eigenvalue weighted by Gasteiger charge is 2.42. The molecule has 1 fully saturated rings. The van der Waals surface area contributed by atoms with Gasteiger partial charge in [0.1, 0.15) is 30.7 Å². The van der Waals surface area contributed by atoms with E-state index >= 15 is 4.39 Å². The first-order valence-electron chi connectivity index (χ1n) is 12.2. The van der Waals surface area contributed by atoms with Crippen LogP contribution in [0.15, 0.2) is 36.7 Å². The van der Waals surface area contributed by atoms with E-state index in [1.54, 1.807) is 20.8 Å². The summed E-state index contributed by atoms with van der Waals surface area (Å²) in [5.41, 5.74) is -0.521. The predicted molar refractivity (Wildman–Crippen MR) is 152 cm³/mol. The number of nitrogens with zero attached hydrogens (tertiary/aromatic N) is 3. The van der Waals surface area contributed by atoms with Gasteiger partial charge in [-0.1, -0.05) is 64.6 Å². The zero-order valence-corrected chi connectivity index (χ0v) is 24.9. The molecule has 2 aromatic carbocycles. The molecule has 1 saturated heterocycles. The van der Waals surface area contributed by atoms with Gasteiger partial charge in [-0.15, -0.1) is 0 Å². The van der Waals surface area contributed by atoms with Gasteiger partial charge in [-0.3, -0.25) is 9.69 Å². The van der Waals surface area contributed by atoms with Crippen LogP contribution < -0.4 is 5.32 Å². The third-order valence-corrected chi connectivity index (χ3v) is 6.64. The molecule has 4 rings (SSSR count). The number of fused-ring (bicyclic) bond motifs is 1. The summed E-state index contributed by atoms with van der Waals surface area (Å²) in [6.07, 6.45) is -2.35. The van der Waals surface area contributed by atoms with Gasteiger partial charge in [0, 0.05) is 17.5 Å². The van der Waals surface area contributed by atoms with Gasteiger partial charge in [0.25, 0.3) is 0 Å². The molecule has 9 nitrogen and oxygen atoms in total. The normalized spacial score (nSPS) is 17.5. The largest absolute Gasteiger partial charge is 0.444 e. The van der Waals surface area contributed by atoms with Crippen LogP contribution in [0.25, 0.3) is 22.2 Å². The van der Waals surface area contributed by atoms with Crippen LogP contribution in [0, 0.1) is 5.82 Å². The molecule has 1 aliphatic heterocycles. The Labute approximate surface area is 253 Å². The highest BCUT2D eigenvalue weighted by Crippen LogP contribution is 2.37. The number of amides is 2. The van der Waals surface area contributed by atoms with Crippen molar-refractivity contribution in [3.63, 3.8) is 0 Å². The number of nitrogens with one attached hydrogen (secondary N) is 1. The van der Waals surface area contributed by atoms with Crippen LogP contribution in [-0.4, -0.2) is 67.3 Å². The summed E-state index contributed by atoms with van der Waals surface area (Å²) < 4.78 is 39.4. The van der Waals surface area contributed by atoms with E-state index in [2.05, 4.69) is 10.3 Å². The van der Waals surface area contributed by atoms with Gasteiger partial charge in [0.15, 0.2) is 5.82 Å². The van der Waals surface area contributed by atoms with Gasteiger partial charge in [-0.2, -0.15) is 0 Å². The molecule has 0 bridgehead atoms. The fraction of sp³-hybridized carbons (Fsp3) is 0.385. The number of hydrogen-bond acceptors (Lipinski definition) is 6. The van der Waals surface area contributed by atoms with Gasteiger partial charge >= 0.3 is 12.2 Å². The number of halogens is 6. The number of rotatable bonds is 4. The van der Waals surface area contributed by atoms with Crippen LogP contribution >= 0.6 is 46.4 Å². The highest BCUT2D eigenvalue weighted by atomic mass is 35.6. The Morgan fingerprint density at radius 1 is 1.10 bits per heavy atom. The summed E-state index contributed by atoms with van der Waals surface area (Å²) in [6, 6.07) is 5.99. The van der Waals surface area contributed by atoms with E-state index in [1.165, 1.54) is 30.3 Å². The number of alkyl halides is 4.